The van der Waals surface area contributed by atoms with Crippen LogP contribution in [0.15, 0.2) is 41.3 Å². The Bertz CT molecular complexity index is 1290. The summed E-state index contributed by atoms with van der Waals surface area (Å²) in [6, 6.07) is 5.53. The van der Waals surface area contributed by atoms with Crippen LogP contribution in [0.25, 0.3) is 6.08 Å². The SMILES string of the molecule is CCN(CC)CC=Cc1cc(F)ccc1S(=O)(=O)Nc1ccc2c(c1C(=O)O)OC[C@H]1[C@@H]2C1(F)F. The summed E-state index contributed by atoms with van der Waals surface area (Å²) < 4.78 is 76.0. The van der Waals surface area contributed by atoms with Crippen LogP contribution in [0, 0.1) is 11.7 Å². The van der Waals surface area contributed by atoms with Crippen LogP contribution in [0.4, 0.5) is 18.9 Å². The first-order valence-corrected chi connectivity index (χ1v) is 12.6. The minimum absolute atomic E-state index is 0.0356. The van der Waals surface area contributed by atoms with Gasteiger partial charge >= 0.3 is 5.97 Å². The van der Waals surface area contributed by atoms with Crippen molar-refractivity contribution >= 4 is 27.8 Å². The molecule has 1 aliphatic carbocycles. The summed E-state index contributed by atoms with van der Waals surface area (Å²) in [6.45, 7) is 5.68. The zero-order valence-electron chi connectivity index (χ0n) is 19.1. The highest BCUT2D eigenvalue weighted by Crippen LogP contribution is 2.65. The van der Waals surface area contributed by atoms with Gasteiger partial charge in [0.05, 0.1) is 29.0 Å². The highest BCUT2D eigenvalue weighted by Gasteiger charge is 2.71. The molecule has 0 saturated heterocycles. The highest BCUT2D eigenvalue weighted by atomic mass is 32.2. The number of sulfonamides is 1. The Kier molecular flexibility index (Phi) is 6.58. The minimum atomic E-state index is -4.38. The second kappa shape index (κ2) is 9.19. The molecule has 4 rings (SSSR count). The molecule has 2 aromatic rings. The fraction of sp³-hybridized carbons (Fsp3) is 0.375. The number of nitrogens with zero attached hydrogens (tertiary/aromatic N) is 1. The van der Waals surface area contributed by atoms with Crippen molar-refractivity contribution < 1.29 is 36.2 Å². The maximum atomic E-state index is 14.0. The van der Waals surface area contributed by atoms with E-state index in [2.05, 4.69) is 9.62 Å². The van der Waals surface area contributed by atoms with Crippen LogP contribution >= 0.6 is 0 Å². The number of carbonyl (C=O) groups is 1. The van der Waals surface area contributed by atoms with Gasteiger partial charge in [0.2, 0.25) is 0 Å². The molecule has 0 radical (unpaired) electrons. The lowest BCUT2D eigenvalue weighted by atomic mass is 10.0. The molecule has 2 aliphatic rings. The summed E-state index contributed by atoms with van der Waals surface area (Å²) in [4.78, 5) is 13.8. The lowest BCUT2D eigenvalue weighted by Gasteiger charge is -2.20. The number of nitrogens with one attached hydrogen (secondary N) is 1. The van der Waals surface area contributed by atoms with Crippen LogP contribution in [-0.4, -0.2) is 56.6 Å². The minimum Gasteiger partial charge on any atom is -0.492 e. The van der Waals surface area contributed by atoms with E-state index in [1.54, 1.807) is 6.08 Å². The maximum Gasteiger partial charge on any atom is 0.341 e. The second-order valence-corrected chi connectivity index (χ2v) is 10.1. The molecule has 7 nitrogen and oxygen atoms in total. The van der Waals surface area contributed by atoms with Crippen LogP contribution in [0.1, 0.15) is 41.3 Å². The molecule has 0 amide bonds. The second-order valence-electron chi connectivity index (χ2n) is 8.46. The number of anilines is 1. The molecule has 11 heteroatoms. The van der Waals surface area contributed by atoms with Crippen molar-refractivity contribution in [2.24, 2.45) is 5.92 Å². The van der Waals surface area contributed by atoms with E-state index in [1.807, 2.05) is 13.8 Å². The van der Waals surface area contributed by atoms with Crippen molar-refractivity contribution in [3.05, 3.63) is 58.9 Å². The first-order chi connectivity index (χ1) is 16.5. The number of likely N-dealkylation sites (N-methyl/N-ethyl adjacent to an activating group) is 1. The zero-order chi connectivity index (χ0) is 25.5. The van der Waals surface area contributed by atoms with Gasteiger partial charge in [-0.3, -0.25) is 4.72 Å². The number of alkyl halides is 2. The van der Waals surface area contributed by atoms with E-state index in [0.29, 0.717) is 6.54 Å². The standard InChI is InChI=1S/C24H25F3N2O5S/c1-3-29(4-2)11-5-6-14-12-15(25)7-10-19(14)35(32,33)28-18-9-8-16-21-17(24(21,26)27)13-34-22(16)20(18)23(30)31/h5-10,12,17,21,28H,3-4,11,13H2,1-2H3,(H,30,31)/t17-,21+/m0/s1. The molecule has 35 heavy (non-hydrogen) atoms. The van der Waals surface area contributed by atoms with Gasteiger partial charge in [-0.25, -0.2) is 26.4 Å². The fourth-order valence-electron chi connectivity index (χ4n) is 4.40. The predicted octanol–water partition coefficient (Wildman–Crippen LogP) is 4.42. The third kappa shape index (κ3) is 4.62. The van der Waals surface area contributed by atoms with Crippen LogP contribution in [0.2, 0.25) is 0 Å². The number of hydrogen-bond donors (Lipinski definition) is 2. The number of ether oxygens (including phenoxy) is 1. The molecule has 188 valence electrons. The largest absolute Gasteiger partial charge is 0.492 e. The first-order valence-electron chi connectivity index (χ1n) is 11.1. The average Bonchev–Trinajstić information content (AvgIpc) is 3.37. The number of fused-ring (bicyclic) bond motifs is 3. The van der Waals surface area contributed by atoms with Crippen molar-refractivity contribution in [3.63, 3.8) is 0 Å². The third-order valence-electron chi connectivity index (χ3n) is 6.41. The first kappa shape index (κ1) is 25.1. The molecule has 0 spiro atoms. The van der Waals surface area contributed by atoms with Crippen molar-refractivity contribution in [1.29, 1.82) is 0 Å². The fourth-order valence-corrected chi connectivity index (χ4v) is 5.65. The number of carboxylic acids is 1. The smallest absolute Gasteiger partial charge is 0.341 e. The van der Waals surface area contributed by atoms with Gasteiger partial charge in [0, 0.05) is 12.1 Å². The average molecular weight is 511 g/mol. The molecule has 0 unspecified atom stereocenters. The van der Waals surface area contributed by atoms with E-state index in [1.165, 1.54) is 12.1 Å². The highest BCUT2D eigenvalue weighted by molar-refractivity contribution is 7.92. The molecule has 1 aliphatic heterocycles. The number of rotatable bonds is 9. The zero-order valence-corrected chi connectivity index (χ0v) is 19.9. The van der Waals surface area contributed by atoms with Gasteiger partial charge in [-0.2, -0.15) is 0 Å². The van der Waals surface area contributed by atoms with Crippen LogP contribution < -0.4 is 9.46 Å². The summed E-state index contributed by atoms with van der Waals surface area (Å²) in [6.07, 6.45) is 3.20. The monoisotopic (exact) mass is 510 g/mol. The van der Waals surface area contributed by atoms with Crippen LogP contribution in [0.5, 0.6) is 5.75 Å². The Labute approximate surface area is 201 Å². The number of aromatic carboxylic acids is 1. The Balaban J connectivity index is 1.69. The molecule has 0 aromatic heterocycles. The predicted molar refractivity (Wildman–Crippen MR) is 124 cm³/mol. The quantitative estimate of drug-likeness (QED) is 0.519. The van der Waals surface area contributed by atoms with Gasteiger partial charge in [-0.15, -0.1) is 0 Å². The molecular formula is C24H25F3N2O5S. The van der Waals surface area contributed by atoms with Crippen LogP contribution in [0.3, 0.4) is 0 Å². The van der Waals surface area contributed by atoms with Crippen molar-refractivity contribution in [3.8, 4) is 5.75 Å². The number of benzene rings is 2. The summed E-state index contributed by atoms with van der Waals surface area (Å²) in [7, 11) is -4.38. The molecule has 1 fully saturated rings. The van der Waals surface area contributed by atoms with Crippen molar-refractivity contribution in [1.82, 2.24) is 4.90 Å². The lowest BCUT2D eigenvalue weighted by Crippen LogP contribution is -2.22. The Hall–Kier alpha value is -3.05. The number of hydrogen-bond acceptors (Lipinski definition) is 5. The molecule has 2 aromatic carbocycles. The van der Waals surface area contributed by atoms with Gasteiger partial charge in [-0.05, 0) is 42.9 Å². The van der Waals surface area contributed by atoms with Gasteiger partial charge in [0.15, 0.2) is 0 Å². The lowest BCUT2D eigenvalue weighted by molar-refractivity contribution is 0.0691. The molecule has 0 bridgehead atoms. The molecule has 2 atom stereocenters. The Morgan fingerprint density at radius 2 is 1.97 bits per heavy atom. The van der Waals surface area contributed by atoms with E-state index in [-0.39, 0.29) is 34.1 Å². The van der Waals surface area contributed by atoms with E-state index in [0.717, 1.165) is 37.4 Å². The van der Waals surface area contributed by atoms with Crippen LogP contribution in [-0.2, 0) is 10.0 Å². The Morgan fingerprint density at radius 3 is 2.63 bits per heavy atom. The van der Waals surface area contributed by atoms with Crippen molar-refractivity contribution in [2.75, 3.05) is 31.0 Å². The van der Waals surface area contributed by atoms with Gasteiger partial charge in [0.1, 0.15) is 17.1 Å². The normalized spacial score (nSPS) is 20.3. The van der Waals surface area contributed by atoms with E-state index in [9.17, 15) is 31.5 Å². The van der Waals surface area contributed by atoms with E-state index >= 15 is 0 Å². The van der Waals surface area contributed by atoms with Crippen molar-refractivity contribution in [2.45, 2.75) is 30.6 Å². The number of carboxylic acid groups (broad SMARTS) is 1. The third-order valence-corrected chi connectivity index (χ3v) is 7.85. The van der Waals surface area contributed by atoms with Gasteiger partial charge < -0.3 is 14.7 Å². The summed E-state index contributed by atoms with van der Waals surface area (Å²) >= 11 is 0. The van der Waals surface area contributed by atoms with E-state index < -0.39 is 45.1 Å². The summed E-state index contributed by atoms with van der Waals surface area (Å²) in [5, 5.41) is 9.76. The van der Waals surface area contributed by atoms with Gasteiger partial charge in [-0.1, -0.05) is 32.1 Å². The summed E-state index contributed by atoms with van der Waals surface area (Å²) in [5.41, 5.74) is -0.765. The molecular weight excluding hydrogens is 485 g/mol. The topological polar surface area (TPSA) is 95.9 Å². The maximum absolute atomic E-state index is 14.0. The Morgan fingerprint density at radius 1 is 1.26 bits per heavy atom. The van der Waals surface area contributed by atoms with E-state index in [4.69, 9.17) is 4.74 Å². The summed E-state index contributed by atoms with van der Waals surface area (Å²) in [5.74, 6) is -7.61. The number of halogens is 3. The molecule has 1 saturated carbocycles. The van der Waals surface area contributed by atoms with Gasteiger partial charge in [0.25, 0.3) is 15.9 Å². The molecule has 2 N–H and O–H groups in total. The molecule has 1 heterocycles.